The second-order valence-corrected chi connectivity index (χ2v) is 16.1. The van der Waals surface area contributed by atoms with Gasteiger partial charge in [0.15, 0.2) is 0 Å². The molecule has 0 aliphatic heterocycles. The monoisotopic (exact) mass is 795 g/mol. The molecule has 0 unspecified atom stereocenters. The van der Waals surface area contributed by atoms with Crippen LogP contribution in [0.2, 0.25) is 0 Å². The summed E-state index contributed by atoms with van der Waals surface area (Å²) in [6.07, 6.45) is 0. The molecular formula is C57H37N3S. The first-order chi connectivity index (χ1) is 30.3. The first-order valence-corrected chi connectivity index (χ1v) is 21.4. The molecule has 3 nitrogen and oxygen atoms in total. The molecule has 4 heteroatoms. The molecule has 0 aliphatic carbocycles. The molecule has 9 aromatic carbocycles. The van der Waals surface area contributed by atoms with Crippen molar-refractivity contribution in [1.82, 2.24) is 15.4 Å². The van der Waals surface area contributed by atoms with Gasteiger partial charge in [0.05, 0.1) is 0 Å². The van der Waals surface area contributed by atoms with Gasteiger partial charge in [0.2, 0.25) is 0 Å². The lowest BCUT2D eigenvalue weighted by Crippen LogP contribution is -2.04. The van der Waals surface area contributed by atoms with Gasteiger partial charge < -0.3 is 0 Å². The number of fused-ring (bicyclic) bond motifs is 3. The van der Waals surface area contributed by atoms with Crippen molar-refractivity contribution in [2.75, 3.05) is 0 Å². The van der Waals surface area contributed by atoms with Gasteiger partial charge in [0.25, 0.3) is 0 Å². The van der Waals surface area contributed by atoms with Gasteiger partial charge in [0, 0.05) is 53.6 Å². The lowest BCUT2D eigenvalue weighted by molar-refractivity contribution is 0.879. The van der Waals surface area contributed by atoms with Gasteiger partial charge in [-0.2, -0.15) is 0 Å². The summed E-state index contributed by atoms with van der Waals surface area (Å²) >= 11 is 1.84. The number of hydrogen-bond donors (Lipinski definition) is 0. The van der Waals surface area contributed by atoms with Crippen LogP contribution in [0.4, 0.5) is 0 Å². The first kappa shape index (κ1) is 36.3. The quantitative estimate of drug-likeness (QED) is 0.154. The summed E-state index contributed by atoms with van der Waals surface area (Å²) in [6.45, 7) is 0. The molecule has 0 saturated carbocycles. The molecule has 11 aromatic rings. The number of benzene rings is 9. The topological polar surface area (TPSA) is 38.7 Å². The standard InChI is InChI=1S/C57H37N3S/c1-6-22-38(23-7-1)43-32-16-18-34-45(43)51-49(40-26-10-3-11-27-40)54(52-47-36-20-21-37-48(47)61-57(52)50(51)41-28-12-4-13-29-41)56-53(55(58-60-59-56)42-30-14-5-15-31-42)46-35-19-17-33-44(46)39-24-8-2-9-25-39/h1-37H. The van der Waals surface area contributed by atoms with Gasteiger partial charge in [-0.15, -0.1) is 21.5 Å². The molecule has 0 radical (unpaired) electrons. The highest BCUT2D eigenvalue weighted by Crippen LogP contribution is 2.57. The lowest BCUT2D eigenvalue weighted by atomic mass is 9.78. The molecule has 61 heavy (non-hydrogen) atoms. The Kier molecular flexibility index (Phi) is 9.38. The second-order valence-electron chi connectivity index (χ2n) is 15.1. The van der Waals surface area contributed by atoms with Crippen LogP contribution in [0.15, 0.2) is 224 Å². The largest absolute Gasteiger partial charge is 0.134 e. The normalized spacial score (nSPS) is 11.3. The predicted octanol–water partition coefficient (Wildman–Crippen LogP) is 15.6. The minimum atomic E-state index is 0.777. The van der Waals surface area contributed by atoms with Crippen LogP contribution in [0.5, 0.6) is 0 Å². The van der Waals surface area contributed by atoms with E-state index in [1.165, 1.54) is 20.3 Å². The molecule has 11 rings (SSSR count). The molecule has 0 bridgehead atoms. The maximum Gasteiger partial charge on any atom is 0.106 e. The van der Waals surface area contributed by atoms with E-state index in [9.17, 15) is 0 Å². The van der Waals surface area contributed by atoms with Crippen molar-refractivity contribution in [3.63, 3.8) is 0 Å². The number of thiophene rings is 1. The van der Waals surface area contributed by atoms with Gasteiger partial charge in [-0.25, -0.2) is 0 Å². The maximum atomic E-state index is 5.23. The highest BCUT2D eigenvalue weighted by Gasteiger charge is 2.31. The zero-order valence-corrected chi connectivity index (χ0v) is 33.9. The third kappa shape index (κ3) is 6.42. The van der Waals surface area contributed by atoms with E-state index in [-0.39, 0.29) is 0 Å². The maximum absolute atomic E-state index is 5.23. The summed E-state index contributed by atoms with van der Waals surface area (Å²) < 4.78 is 2.40. The minimum Gasteiger partial charge on any atom is -0.134 e. The molecule has 286 valence electrons. The second kappa shape index (κ2) is 15.8. The first-order valence-electron chi connectivity index (χ1n) is 20.5. The van der Waals surface area contributed by atoms with E-state index in [0.717, 1.165) is 89.1 Å². The van der Waals surface area contributed by atoms with E-state index in [1.54, 1.807) is 0 Å². The average molecular weight is 796 g/mol. The Hall–Kier alpha value is -7.79. The molecular weight excluding hydrogens is 759 g/mol. The van der Waals surface area contributed by atoms with E-state index in [4.69, 9.17) is 10.2 Å². The molecule has 2 heterocycles. The fourth-order valence-corrected chi connectivity index (χ4v) is 10.2. The zero-order valence-electron chi connectivity index (χ0n) is 33.1. The Bertz CT molecular complexity index is 3330. The zero-order chi connectivity index (χ0) is 40.5. The Morgan fingerprint density at radius 2 is 0.689 bits per heavy atom. The highest BCUT2D eigenvalue weighted by atomic mass is 32.1. The molecule has 2 aromatic heterocycles. The SMILES string of the molecule is c1ccc(-c2ccccc2-c2c(-c3ccccc3)nnnc2-c2c(-c3ccccc3)c(-c3ccccc3-c3ccccc3)c(-c3ccccc3)c3sc4ccccc4c23)cc1. The van der Waals surface area contributed by atoms with Crippen LogP contribution in [0.3, 0.4) is 0 Å². The predicted molar refractivity (Wildman–Crippen MR) is 256 cm³/mol. The van der Waals surface area contributed by atoms with Gasteiger partial charge in [-0.05, 0) is 55.8 Å². The van der Waals surface area contributed by atoms with Crippen molar-refractivity contribution in [1.29, 1.82) is 0 Å². The summed E-state index contributed by atoms with van der Waals surface area (Å²) in [7, 11) is 0. The summed E-state index contributed by atoms with van der Waals surface area (Å²) in [6, 6.07) is 79.9. The summed E-state index contributed by atoms with van der Waals surface area (Å²) in [4.78, 5) is 0. The molecule has 0 spiro atoms. The molecule has 0 atom stereocenters. The van der Waals surface area contributed by atoms with Crippen LogP contribution < -0.4 is 0 Å². The van der Waals surface area contributed by atoms with Crippen molar-refractivity contribution < 1.29 is 0 Å². The molecule has 0 saturated heterocycles. The third-order valence-electron chi connectivity index (χ3n) is 11.6. The number of aromatic nitrogens is 3. The fraction of sp³-hybridized carbons (Fsp3) is 0. The van der Waals surface area contributed by atoms with E-state index < -0.39 is 0 Å². The van der Waals surface area contributed by atoms with E-state index in [0.29, 0.717) is 0 Å². The van der Waals surface area contributed by atoms with Gasteiger partial charge in [0.1, 0.15) is 11.4 Å². The van der Waals surface area contributed by atoms with E-state index in [1.807, 2.05) is 17.4 Å². The van der Waals surface area contributed by atoms with Crippen molar-refractivity contribution in [3.05, 3.63) is 224 Å². The Balaban J connectivity index is 1.40. The smallest absolute Gasteiger partial charge is 0.106 e. The molecule has 0 aliphatic rings. The molecule has 0 N–H and O–H groups in total. The van der Waals surface area contributed by atoms with Crippen molar-refractivity contribution in [2.24, 2.45) is 0 Å². The Morgan fingerprint density at radius 1 is 0.279 bits per heavy atom. The van der Waals surface area contributed by atoms with Gasteiger partial charge in [-0.1, -0.05) is 218 Å². The van der Waals surface area contributed by atoms with Crippen LogP contribution in [0.1, 0.15) is 0 Å². The van der Waals surface area contributed by atoms with Crippen molar-refractivity contribution in [2.45, 2.75) is 0 Å². The van der Waals surface area contributed by atoms with Crippen molar-refractivity contribution in [3.8, 4) is 89.3 Å². The van der Waals surface area contributed by atoms with Crippen LogP contribution in [0, 0.1) is 0 Å². The summed E-state index contributed by atoms with van der Waals surface area (Å²) in [5.74, 6) is 0. The number of hydrogen-bond acceptors (Lipinski definition) is 4. The number of nitrogens with zero attached hydrogens (tertiary/aromatic N) is 3. The minimum absolute atomic E-state index is 0.777. The van der Waals surface area contributed by atoms with Crippen LogP contribution in [-0.2, 0) is 0 Å². The van der Waals surface area contributed by atoms with Crippen LogP contribution >= 0.6 is 11.3 Å². The fourth-order valence-electron chi connectivity index (χ4n) is 8.93. The van der Waals surface area contributed by atoms with Crippen molar-refractivity contribution >= 4 is 31.5 Å². The Morgan fingerprint density at radius 3 is 1.25 bits per heavy atom. The van der Waals surface area contributed by atoms with Crippen LogP contribution in [-0.4, -0.2) is 15.4 Å². The Labute approximate surface area is 358 Å². The lowest BCUT2D eigenvalue weighted by Gasteiger charge is -2.25. The molecule has 0 fully saturated rings. The molecule has 0 amide bonds. The highest BCUT2D eigenvalue weighted by molar-refractivity contribution is 7.26. The van der Waals surface area contributed by atoms with Gasteiger partial charge in [-0.3, -0.25) is 0 Å². The van der Waals surface area contributed by atoms with Gasteiger partial charge >= 0.3 is 0 Å². The van der Waals surface area contributed by atoms with E-state index >= 15 is 0 Å². The number of rotatable bonds is 8. The average Bonchev–Trinajstić information content (AvgIpc) is 3.73. The summed E-state index contributed by atoms with van der Waals surface area (Å²) in [5.41, 5.74) is 16.9. The third-order valence-corrected chi connectivity index (χ3v) is 12.7. The van der Waals surface area contributed by atoms with Crippen LogP contribution in [0.25, 0.3) is 109 Å². The van der Waals surface area contributed by atoms with E-state index in [2.05, 4.69) is 224 Å². The summed E-state index contributed by atoms with van der Waals surface area (Å²) in [5, 5.41) is 17.2.